The predicted molar refractivity (Wildman–Crippen MR) is 78.4 cm³/mol. The highest BCUT2D eigenvalue weighted by molar-refractivity contribution is 7.89. The summed E-state index contributed by atoms with van der Waals surface area (Å²) in [5, 5.41) is 2.50. The number of nitrogen functional groups attached to an aromatic ring is 1. The number of nitrogens with two attached hydrogens (primary N) is 1. The number of ether oxygens (including phenoxy) is 1. The van der Waals surface area contributed by atoms with Crippen LogP contribution in [0.1, 0.15) is 12.8 Å². The van der Waals surface area contributed by atoms with Crippen LogP contribution in [0.15, 0.2) is 23.1 Å². The third-order valence-electron chi connectivity index (χ3n) is 3.56. The van der Waals surface area contributed by atoms with Gasteiger partial charge < -0.3 is 15.8 Å². The maximum Gasteiger partial charge on any atom is 0.243 e. The Morgan fingerprint density at radius 1 is 1.48 bits per heavy atom. The lowest BCUT2D eigenvalue weighted by Crippen LogP contribution is -2.44. The summed E-state index contributed by atoms with van der Waals surface area (Å²) < 4.78 is 31.6. The molecule has 1 aromatic carbocycles. The maximum atomic E-state index is 12.7. The smallest absolute Gasteiger partial charge is 0.243 e. The highest BCUT2D eigenvalue weighted by Gasteiger charge is 2.39. The van der Waals surface area contributed by atoms with Crippen molar-refractivity contribution in [2.24, 2.45) is 0 Å². The molecule has 0 aromatic heterocycles. The van der Waals surface area contributed by atoms with Gasteiger partial charge in [-0.2, -0.15) is 4.31 Å². The summed E-state index contributed by atoms with van der Waals surface area (Å²) in [6.45, 7) is 0.326. The molecule has 1 amide bonds. The third kappa shape index (κ3) is 2.81. The first-order valence-corrected chi connectivity index (χ1v) is 8.02. The molecule has 1 aliphatic heterocycles. The fraction of sp³-hybridized carbons (Fsp3) is 0.462. The minimum absolute atomic E-state index is 0.0663. The Labute approximate surface area is 124 Å². The van der Waals surface area contributed by atoms with E-state index in [1.54, 1.807) is 0 Å². The first kappa shape index (κ1) is 15.6. The molecule has 116 valence electrons. The summed E-state index contributed by atoms with van der Waals surface area (Å²) in [6, 6.07) is 3.63. The summed E-state index contributed by atoms with van der Waals surface area (Å²) in [7, 11) is -0.796. The fourth-order valence-electron chi connectivity index (χ4n) is 2.46. The van der Waals surface area contributed by atoms with E-state index >= 15 is 0 Å². The van der Waals surface area contributed by atoms with Gasteiger partial charge in [0.25, 0.3) is 0 Å². The topological polar surface area (TPSA) is 102 Å². The molecule has 1 unspecified atom stereocenters. The number of benzene rings is 1. The molecule has 0 bridgehead atoms. The molecule has 1 heterocycles. The standard InChI is InChI=1S/C13H19N3O4S/c1-15-13(17)11-4-3-7-16(11)21(18,19)9-5-6-12(20-2)10(14)8-9/h5-6,8,11H,3-4,7,14H2,1-2H3,(H,15,17). The fourth-order valence-corrected chi connectivity index (χ4v) is 4.16. The van der Waals surface area contributed by atoms with Crippen LogP contribution in [-0.4, -0.2) is 45.4 Å². The van der Waals surface area contributed by atoms with E-state index in [2.05, 4.69) is 5.32 Å². The Hall–Kier alpha value is -1.80. The summed E-state index contributed by atoms with van der Waals surface area (Å²) in [4.78, 5) is 11.9. The molecule has 21 heavy (non-hydrogen) atoms. The van der Waals surface area contributed by atoms with Gasteiger partial charge in [-0.05, 0) is 31.0 Å². The van der Waals surface area contributed by atoms with Crippen molar-refractivity contribution >= 4 is 21.6 Å². The van der Waals surface area contributed by atoms with Gasteiger partial charge in [0.05, 0.1) is 17.7 Å². The number of anilines is 1. The van der Waals surface area contributed by atoms with Crippen molar-refractivity contribution in [2.45, 2.75) is 23.8 Å². The summed E-state index contributed by atoms with van der Waals surface area (Å²) in [6.07, 6.45) is 1.17. The van der Waals surface area contributed by atoms with Crippen molar-refractivity contribution in [2.75, 3.05) is 26.4 Å². The lowest BCUT2D eigenvalue weighted by atomic mass is 10.2. The van der Waals surface area contributed by atoms with Crippen molar-refractivity contribution in [1.82, 2.24) is 9.62 Å². The van der Waals surface area contributed by atoms with Gasteiger partial charge in [-0.15, -0.1) is 0 Å². The minimum Gasteiger partial charge on any atom is -0.495 e. The van der Waals surface area contributed by atoms with Gasteiger partial charge in [-0.3, -0.25) is 4.79 Å². The van der Waals surface area contributed by atoms with E-state index in [0.29, 0.717) is 25.1 Å². The molecule has 0 aliphatic carbocycles. The highest BCUT2D eigenvalue weighted by atomic mass is 32.2. The van der Waals surface area contributed by atoms with E-state index in [0.717, 1.165) is 0 Å². The number of rotatable bonds is 4. The van der Waals surface area contributed by atoms with Gasteiger partial charge in [0, 0.05) is 13.6 Å². The van der Waals surface area contributed by atoms with Crippen LogP contribution >= 0.6 is 0 Å². The second-order valence-electron chi connectivity index (χ2n) is 4.79. The van der Waals surface area contributed by atoms with Crippen molar-refractivity contribution < 1.29 is 17.9 Å². The zero-order chi connectivity index (χ0) is 15.6. The van der Waals surface area contributed by atoms with Gasteiger partial charge in [0.1, 0.15) is 11.8 Å². The van der Waals surface area contributed by atoms with Gasteiger partial charge in [0.15, 0.2) is 0 Å². The Kier molecular flexibility index (Phi) is 4.38. The van der Waals surface area contributed by atoms with Crippen molar-refractivity contribution in [3.05, 3.63) is 18.2 Å². The molecule has 1 atom stereocenters. The number of hydrogen-bond acceptors (Lipinski definition) is 5. The molecule has 3 N–H and O–H groups in total. The molecular formula is C13H19N3O4S. The number of amides is 1. The molecule has 1 fully saturated rings. The molecule has 2 rings (SSSR count). The largest absolute Gasteiger partial charge is 0.495 e. The lowest BCUT2D eigenvalue weighted by Gasteiger charge is -2.23. The third-order valence-corrected chi connectivity index (χ3v) is 5.46. The molecule has 8 heteroatoms. The average molecular weight is 313 g/mol. The van der Waals surface area contributed by atoms with Gasteiger partial charge >= 0.3 is 0 Å². The Morgan fingerprint density at radius 2 is 2.19 bits per heavy atom. The quantitative estimate of drug-likeness (QED) is 0.772. The van der Waals surface area contributed by atoms with Gasteiger partial charge in [0.2, 0.25) is 15.9 Å². The zero-order valence-electron chi connectivity index (χ0n) is 12.0. The molecular weight excluding hydrogens is 294 g/mol. The zero-order valence-corrected chi connectivity index (χ0v) is 12.8. The van der Waals surface area contributed by atoms with Crippen molar-refractivity contribution in [3.63, 3.8) is 0 Å². The minimum atomic E-state index is -3.75. The molecule has 0 spiro atoms. The van der Waals surface area contributed by atoms with Crippen LogP contribution in [0.5, 0.6) is 5.75 Å². The molecule has 0 saturated carbocycles. The number of methoxy groups -OCH3 is 1. The predicted octanol–water partition coefficient (Wildman–Crippen LogP) is 0.177. The number of carbonyl (C=O) groups is 1. The molecule has 1 aromatic rings. The summed E-state index contributed by atoms with van der Waals surface area (Å²) >= 11 is 0. The maximum absolute atomic E-state index is 12.7. The summed E-state index contributed by atoms with van der Waals surface area (Å²) in [5.41, 5.74) is 6.01. The Balaban J connectivity index is 2.37. The van der Waals surface area contributed by atoms with Crippen molar-refractivity contribution in [3.8, 4) is 5.75 Å². The lowest BCUT2D eigenvalue weighted by molar-refractivity contribution is -0.123. The SMILES string of the molecule is CNC(=O)C1CCCN1S(=O)(=O)c1ccc(OC)c(N)c1. The van der Waals surface area contributed by atoms with Crippen LogP contribution < -0.4 is 15.8 Å². The van der Waals surface area contributed by atoms with Crippen LogP contribution in [0.25, 0.3) is 0 Å². The van der Waals surface area contributed by atoms with Gasteiger partial charge in [-0.1, -0.05) is 0 Å². The van der Waals surface area contributed by atoms with Gasteiger partial charge in [-0.25, -0.2) is 8.42 Å². The second-order valence-corrected chi connectivity index (χ2v) is 6.68. The van der Waals surface area contributed by atoms with Crippen LogP contribution in [-0.2, 0) is 14.8 Å². The van der Waals surface area contributed by atoms with Crippen LogP contribution in [0, 0.1) is 0 Å². The molecule has 7 nitrogen and oxygen atoms in total. The normalized spacial score (nSPS) is 19.4. The molecule has 1 aliphatic rings. The number of carbonyl (C=O) groups excluding carboxylic acids is 1. The monoisotopic (exact) mass is 313 g/mol. The van der Waals surface area contributed by atoms with E-state index in [4.69, 9.17) is 10.5 Å². The first-order valence-electron chi connectivity index (χ1n) is 6.58. The Morgan fingerprint density at radius 3 is 2.76 bits per heavy atom. The van der Waals surface area contributed by atoms with Crippen LogP contribution in [0.2, 0.25) is 0 Å². The number of likely N-dealkylation sites (N-methyl/N-ethyl adjacent to an activating group) is 1. The van der Waals surface area contributed by atoms with Crippen LogP contribution in [0.3, 0.4) is 0 Å². The van der Waals surface area contributed by atoms with E-state index < -0.39 is 16.1 Å². The van der Waals surface area contributed by atoms with Crippen molar-refractivity contribution in [1.29, 1.82) is 0 Å². The molecule has 0 radical (unpaired) electrons. The van der Waals surface area contributed by atoms with E-state index in [1.165, 1.54) is 36.7 Å². The summed E-state index contributed by atoms with van der Waals surface area (Å²) in [5.74, 6) is 0.121. The number of sulfonamides is 1. The van der Waals surface area contributed by atoms with E-state index in [9.17, 15) is 13.2 Å². The van der Waals surface area contributed by atoms with Crippen LogP contribution in [0.4, 0.5) is 5.69 Å². The Bertz CT molecular complexity index is 645. The average Bonchev–Trinajstić information content (AvgIpc) is 2.96. The van der Waals surface area contributed by atoms with E-state index in [1.807, 2.05) is 0 Å². The second kappa shape index (κ2) is 5.90. The number of nitrogens with zero attached hydrogens (tertiary/aromatic N) is 1. The first-order chi connectivity index (χ1) is 9.91. The molecule has 1 saturated heterocycles. The number of hydrogen-bond donors (Lipinski definition) is 2. The highest BCUT2D eigenvalue weighted by Crippen LogP contribution is 2.30. The number of nitrogens with one attached hydrogen (secondary N) is 1. The van der Waals surface area contributed by atoms with E-state index in [-0.39, 0.29) is 16.5 Å².